The van der Waals surface area contributed by atoms with Gasteiger partial charge in [0.25, 0.3) is 5.79 Å². The molecule has 7 atom stereocenters. The summed E-state index contributed by atoms with van der Waals surface area (Å²) in [6.07, 6.45) is 26.9. The number of rotatable bonds is 26. The molecule has 4 heteroatoms. The molecule has 1 aliphatic carbocycles. The summed E-state index contributed by atoms with van der Waals surface area (Å²) in [5.41, 5.74) is 7.69. The van der Waals surface area contributed by atoms with Crippen LogP contribution in [0.4, 0.5) is 0 Å². The Morgan fingerprint density at radius 3 is 1.45 bits per heavy atom. The highest BCUT2D eigenvalue weighted by Gasteiger charge is 2.54. The van der Waals surface area contributed by atoms with Gasteiger partial charge in [-0.05, 0) is 153 Å². The minimum Gasteiger partial charge on any atom is -0.487 e. The summed E-state index contributed by atoms with van der Waals surface area (Å²) in [5, 5.41) is 0. The zero-order chi connectivity index (χ0) is 46.0. The zero-order valence-corrected chi connectivity index (χ0v) is 43.7. The molecule has 0 saturated carbocycles. The topological polar surface area (TPSA) is 44.8 Å². The summed E-state index contributed by atoms with van der Waals surface area (Å²) in [7, 11) is 0. The predicted molar refractivity (Wildman–Crippen MR) is 266 cm³/mol. The van der Waals surface area contributed by atoms with Crippen molar-refractivity contribution < 1.29 is 19.0 Å². The lowest BCUT2D eigenvalue weighted by Crippen LogP contribution is -2.55. The minimum atomic E-state index is -1.09. The van der Waals surface area contributed by atoms with Crippen molar-refractivity contribution in [3.8, 4) is 11.5 Å². The number of allylic oxidation sites excluding steroid dienone is 2. The summed E-state index contributed by atoms with van der Waals surface area (Å²) in [4.78, 5) is 13.6. The van der Waals surface area contributed by atoms with Gasteiger partial charge >= 0.3 is 0 Å². The second kappa shape index (κ2) is 23.4. The second-order valence-electron chi connectivity index (χ2n) is 23.2. The number of hydrogen-bond acceptors (Lipinski definition) is 4. The minimum absolute atomic E-state index is 0.131. The van der Waals surface area contributed by atoms with E-state index in [-0.39, 0.29) is 17.0 Å². The highest BCUT2D eigenvalue weighted by Crippen LogP contribution is 2.53. The maximum atomic E-state index is 13.6. The van der Waals surface area contributed by atoms with Crippen LogP contribution in [-0.2, 0) is 16.0 Å². The molecule has 0 aromatic heterocycles. The number of ketones is 1. The second-order valence-corrected chi connectivity index (χ2v) is 23.2. The van der Waals surface area contributed by atoms with Crippen LogP contribution in [0, 0.1) is 56.3 Å². The highest BCUT2D eigenvalue weighted by atomic mass is 16.7. The molecule has 0 bridgehead atoms. The molecule has 0 N–H and O–H groups in total. The Balaban J connectivity index is 1.42. The van der Waals surface area contributed by atoms with Crippen molar-refractivity contribution >= 4 is 5.78 Å². The first-order valence-corrected chi connectivity index (χ1v) is 26.3. The Morgan fingerprint density at radius 1 is 0.532 bits per heavy atom. The van der Waals surface area contributed by atoms with E-state index in [1.807, 2.05) is 13.8 Å². The van der Waals surface area contributed by atoms with Gasteiger partial charge in [-0.15, -0.1) is 0 Å². The standard InChI is InChI=1S/C58H98O4/c1-39(2)23-17-25-41(5)27-19-29-43(7)31-21-35-56(15)37-33-51-48(12)54(45(9)46(10)55(51)60-56)61-58-50(14)47(11)53(59)49(13)52(58)34-38-57(16,62-58)36-22-32-44(8)30-20-28-42(6)26-18-24-40(3)4/h39-44H,17-38H2,1-16H3/t41-,42-,43-,44-,56-,57-,58?/m1/s1. The molecular formula is C58H98O4. The fourth-order valence-corrected chi connectivity index (χ4v) is 11.3. The van der Waals surface area contributed by atoms with E-state index in [1.54, 1.807) is 0 Å². The van der Waals surface area contributed by atoms with Crippen LogP contribution in [0.3, 0.4) is 0 Å². The summed E-state index contributed by atoms with van der Waals surface area (Å²) in [6, 6.07) is 0. The Hall–Kier alpha value is -2.07. The van der Waals surface area contributed by atoms with Crippen LogP contribution in [0.25, 0.3) is 0 Å². The predicted octanol–water partition coefficient (Wildman–Crippen LogP) is 17.5. The summed E-state index contributed by atoms with van der Waals surface area (Å²) < 4.78 is 22.0. The van der Waals surface area contributed by atoms with E-state index in [4.69, 9.17) is 14.2 Å². The Morgan fingerprint density at radius 2 is 0.968 bits per heavy atom. The van der Waals surface area contributed by atoms with Gasteiger partial charge < -0.3 is 14.2 Å². The summed E-state index contributed by atoms with van der Waals surface area (Å²) >= 11 is 0. The fraction of sp³-hybridized carbons (Fsp3) is 0.810. The van der Waals surface area contributed by atoms with E-state index in [1.165, 1.54) is 107 Å². The first-order chi connectivity index (χ1) is 29.1. The van der Waals surface area contributed by atoms with Crippen LogP contribution in [-0.4, -0.2) is 22.8 Å². The van der Waals surface area contributed by atoms with Gasteiger partial charge in [0.2, 0.25) is 0 Å². The van der Waals surface area contributed by atoms with Crippen LogP contribution in [0.5, 0.6) is 11.5 Å². The molecule has 1 unspecified atom stereocenters. The number of hydrogen-bond donors (Lipinski definition) is 0. The van der Waals surface area contributed by atoms with Gasteiger partial charge in [0, 0.05) is 27.9 Å². The number of Topliss-reactive ketones (excluding diaryl/α,β-unsaturated/α-hetero) is 1. The van der Waals surface area contributed by atoms with Crippen molar-refractivity contribution in [2.75, 3.05) is 0 Å². The van der Waals surface area contributed by atoms with Crippen molar-refractivity contribution in [2.45, 2.75) is 269 Å². The molecular weight excluding hydrogens is 761 g/mol. The van der Waals surface area contributed by atoms with Gasteiger partial charge in [0.15, 0.2) is 5.78 Å². The molecule has 4 rings (SSSR count). The van der Waals surface area contributed by atoms with Gasteiger partial charge in [-0.2, -0.15) is 0 Å². The van der Waals surface area contributed by atoms with Gasteiger partial charge in [-0.25, -0.2) is 0 Å². The molecule has 0 amide bonds. The van der Waals surface area contributed by atoms with Crippen LogP contribution < -0.4 is 9.47 Å². The molecule has 4 nitrogen and oxygen atoms in total. The highest BCUT2D eigenvalue weighted by molar-refractivity contribution is 6.10. The van der Waals surface area contributed by atoms with Crippen LogP contribution >= 0.6 is 0 Å². The van der Waals surface area contributed by atoms with E-state index in [9.17, 15) is 4.79 Å². The molecule has 354 valence electrons. The average molecular weight is 859 g/mol. The molecule has 1 aromatic carbocycles. The number of ether oxygens (including phenoxy) is 3. The van der Waals surface area contributed by atoms with Crippen LogP contribution in [0.1, 0.15) is 247 Å². The maximum Gasteiger partial charge on any atom is 0.257 e. The molecule has 1 aromatic rings. The summed E-state index contributed by atoms with van der Waals surface area (Å²) in [6.45, 7) is 36.5. The van der Waals surface area contributed by atoms with Crippen molar-refractivity contribution in [2.24, 2.45) is 35.5 Å². The SMILES string of the molecule is CC1=C(C)C2(Oc3c(C)c(C)c4c(c3C)CC[C@@](C)(CCC[C@H](C)CCC[C@H](C)CCCC(C)C)O4)O[C@](C)(CCC[C@H](C)CCC[C@H](C)CCCC(C)C)CCC2=C(C)C1=O. The van der Waals surface area contributed by atoms with Crippen molar-refractivity contribution in [1.29, 1.82) is 0 Å². The zero-order valence-electron chi connectivity index (χ0n) is 43.7. The molecule has 2 aliphatic heterocycles. The van der Waals surface area contributed by atoms with E-state index < -0.39 is 5.79 Å². The van der Waals surface area contributed by atoms with Crippen molar-refractivity contribution in [3.05, 3.63) is 44.5 Å². The smallest absolute Gasteiger partial charge is 0.257 e. The average Bonchev–Trinajstić information content (AvgIpc) is 3.19. The van der Waals surface area contributed by atoms with Crippen LogP contribution in [0.15, 0.2) is 22.3 Å². The summed E-state index contributed by atoms with van der Waals surface area (Å²) in [5.74, 6) is 5.82. The molecule has 62 heavy (non-hydrogen) atoms. The van der Waals surface area contributed by atoms with Crippen molar-refractivity contribution in [3.63, 3.8) is 0 Å². The first-order valence-electron chi connectivity index (χ1n) is 26.3. The van der Waals surface area contributed by atoms with Gasteiger partial charge in [-0.3, -0.25) is 4.79 Å². The molecule has 0 radical (unpaired) electrons. The largest absolute Gasteiger partial charge is 0.487 e. The Labute approximate surface area is 384 Å². The molecule has 1 fully saturated rings. The third kappa shape index (κ3) is 14.0. The van der Waals surface area contributed by atoms with E-state index in [0.717, 1.165) is 119 Å². The maximum absolute atomic E-state index is 13.6. The van der Waals surface area contributed by atoms with Crippen molar-refractivity contribution in [1.82, 2.24) is 0 Å². The quantitative estimate of drug-likeness (QED) is 0.0931. The van der Waals surface area contributed by atoms with Crippen LogP contribution in [0.2, 0.25) is 0 Å². The lowest BCUT2D eigenvalue weighted by molar-refractivity contribution is -0.226. The third-order valence-electron chi connectivity index (χ3n) is 16.2. The lowest BCUT2D eigenvalue weighted by Gasteiger charge is -2.51. The Kier molecular flexibility index (Phi) is 19.8. The third-order valence-corrected chi connectivity index (χ3v) is 16.2. The first kappa shape index (κ1) is 52.6. The Bertz CT molecular complexity index is 1680. The monoisotopic (exact) mass is 859 g/mol. The number of fused-ring (bicyclic) bond motifs is 2. The fourth-order valence-electron chi connectivity index (χ4n) is 11.3. The number of carbonyl (C=O) groups excluding carboxylic acids is 1. The molecule has 1 saturated heterocycles. The van der Waals surface area contributed by atoms with E-state index >= 15 is 0 Å². The number of carbonyl (C=O) groups is 1. The molecule has 2 heterocycles. The van der Waals surface area contributed by atoms with Gasteiger partial charge in [-0.1, -0.05) is 152 Å². The van der Waals surface area contributed by atoms with Gasteiger partial charge in [0.05, 0.1) is 5.60 Å². The normalized spacial score (nSPS) is 24.9. The van der Waals surface area contributed by atoms with E-state index in [2.05, 4.69) is 96.9 Å². The molecule has 0 spiro atoms. The van der Waals surface area contributed by atoms with E-state index in [0.29, 0.717) is 5.92 Å². The lowest BCUT2D eigenvalue weighted by atomic mass is 9.74. The molecule has 3 aliphatic rings. The van der Waals surface area contributed by atoms with Gasteiger partial charge in [0.1, 0.15) is 17.1 Å². The number of benzene rings is 1.